The van der Waals surface area contributed by atoms with Gasteiger partial charge in [-0.25, -0.2) is 8.42 Å². The quantitative estimate of drug-likeness (QED) is 0.629. The monoisotopic (exact) mass is 494 g/mol. The third-order valence-corrected chi connectivity index (χ3v) is 9.19. The van der Waals surface area contributed by atoms with E-state index >= 15 is 0 Å². The van der Waals surface area contributed by atoms with E-state index in [1.165, 1.54) is 36.4 Å². The zero-order chi connectivity index (χ0) is 24.1. The normalized spacial score (nSPS) is 29.6. The third kappa shape index (κ3) is 6.37. The topological polar surface area (TPSA) is 105 Å². The molecular weight excluding hydrogens is 456 g/mol. The minimum atomic E-state index is -3.82. The molecule has 4 atom stereocenters. The zero-order valence-corrected chi connectivity index (χ0v) is 20.8. The Kier molecular flexibility index (Phi) is 8.63. The Labute approximate surface area is 203 Å². The summed E-state index contributed by atoms with van der Waals surface area (Å²) in [7, 11) is -3.82. The van der Waals surface area contributed by atoms with Crippen molar-refractivity contribution < 1.29 is 27.8 Å². The second kappa shape index (κ2) is 11.5. The molecule has 0 aromatic heterocycles. The highest BCUT2D eigenvalue weighted by molar-refractivity contribution is 7.89. The average Bonchev–Trinajstić information content (AvgIpc) is 2.81. The molecule has 1 aromatic carbocycles. The van der Waals surface area contributed by atoms with Gasteiger partial charge < -0.3 is 19.9 Å². The molecule has 1 aliphatic carbocycles. The van der Waals surface area contributed by atoms with E-state index in [0.29, 0.717) is 18.8 Å². The molecule has 1 amide bonds. The number of β-amino-alcohol motifs (C(OH)–C–C–N with tert-alkyl or cyclic N) is 1. The smallest absolute Gasteiger partial charge is 0.243 e. The van der Waals surface area contributed by atoms with Crippen LogP contribution in [0, 0.1) is 12.8 Å². The van der Waals surface area contributed by atoms with Crippen LogP contribution in [0.5, 0.6) is 0 Å². The molecule has 0 unspecified atom stereocenters. The summed E-state index contributed by atoms with van der Waals surface area (Å²) in [5, 5.41) is 13.4. The third-order valence-electron chi connectivity index (χ3n) is 7.29. The fourth-order valence-electron chi connectivity index (χ4n) is 5.34. The van der Waals surface area contributed by atoms with Gasteiger partial charge in [-0.2, -0.15) is 4.31 Å². The van der Waals surface area contributed by atoms with Gasteiger partial charge in [-0.05, 0) is 50.7 Å². The Morgan fingerprint density at radius 2 is 1.82 bits per heavy atom. The number of aliphatic hydroxyl groups excluding tert-OH is 1. The second-order valence-electron chi connectivity index (χ2n) is 10.0. The van der Waals surface area contributed by atoms with Gasteiger partial charge in [-0.3, -0.25) is 4.79 Å². The van der Waals surface area contributed by atoms with Crippen molar-refractivity contribution in [3.05, 3.63) is 29.8 Å². The highest BCUT2D eigenvalue weighted by atomic mass is 32.2. The number of benzene rings is 1. The minimum Gasteiger partial charge on any atom is -0.389 e. The van der Waals surface area contributed by atoms with E-state index in [-0.39, 0.29) is 43.1 Å². The van der Waals surface area contributed by atoms with E-state index in [9.17, 15) is 18.3 Å². The van der Waals surface area contributed by atoms with Gasteiger partial charge >= 0.3 is 0 Å². The number of carbonyl (C=O) groups is 1. The van der Waals surface area contributed by atoms with E-state index in [4.69, 9.17) is 9.47 Å². The number of carbonyl (C=O) groups excluding carboxylic acids is 1. The molecule has 2 aliphatic heterocycles. The first-order chi connectivity index (χ1) is 16.3. The first kappa shape index (κ1) is 25.6. The number of amides is 1. The molecule has 2 heterocycles. The van der Waals surface area contributed by atoms with Crippen molar-refractivity contribution in [1.29, 1.82) is 0 Å². The molecule has 8 nitrogen and oxygen atoms in total. The maximum atomic E-state index is 13.5. The number of sulfonamides is 1. The molecule has 34 heavy (non-hydrogen) atoms. The molecule has 9 heteroatoms. The molecule has 2 saturated heterocycles. The van der Waals surface area contributed by atoms with Crippen molar-refractivity contribution in [3.8, 4) is 0 Å². The molecule has 190 valence electrons. The van der Waals surface area contributed by atoms with Crippen LogP contribution in [-0.4, -0.2) is 74.4 Å². The maximum Gasteiger partial charge on any atom is 0.243 e. The Balaban J connectivity index is 1.40. The Hall–Kier alpha value is -1.52. The lowest BCUT2D eigenvalue weighted by atomic mass is 9.89. The molecule has 0 bridgehead atoms. The number of nitrogens with one attached hydrogen (secondary N) is 1. The van der Waals surface area contributed by atoms with Crippen LogP contribution in [-0.2, 0) is 24.3 Å². The molecule has 1 aromatic rings. The van der Waals surface area contributed by atoms with E-state index in [1.54, 1.807) is 24.3 Å². The molecule has 0 radical (unpaired) electrons. The number of hydrogen-bond acceptors (Lipinski definition) is 6. The lowest BCUT2D eigenvalue weighted by Crippen LogP contribution is -2.57. The van der Waals surface area contributed by atoms with E-state index in [0.717, 1.165) is 12.1 Å². The zero-order valence-electron chi connectivity index (χ0n) is 20.0. The fourth-order valence-corrected chi connectivity index (χ4v) is 7.06. The van der Waals surface area contributed by atoms with Gasteiger partial charge in [0, 0.05) is 13.1 Å². The minimum absolute atomic E-state index is 0.0136. The highest BCUT2D eigenvalue weighted by Crippen LogP contribution is 2.31. The van der Waals surface area contributed by atoms with Gasteiger partial charge in [0.25, 0.3) is 0 Å². The Morgan fingerprint density at radius 1 is 1.09 bits per heavy atom. The fraction of sp³-hybridized carbons (Fsp3) is 0.720. The number of aliphatic hydroxyl groups is 1. The van der Waals surface area contributed by atoms with Crippen molar-refractivity contribution in [1.82, 2.24) is 9.62 Å². The number of hydrogen-bond donors (Lipinski definition) is 2. The number of fused-ring (bicyclic) bond motifs is 1. The summed E-state index contributed by atoms with van der Waals surface area (Å²) in [6.45, 7) is 2.80. The van der Waals surface area contributed by atoms with E-state index in [1.807, 2.05) is 6.92 Å². The Morgan fingerprint density at radius 3 is 2.56 bits per heavy atom. The van der Waals surface area contributed by atoms with Crippen LogP contribution in [0.4, 0.5) is 0 Å². The van der Waals surface area contributed by atoms with Gasteiger partial charge in [-0.1, -0.05) is 37.0 Å². The summed E-state index contributed by atoms with van der Waals surface area (Å²) >= 11 is 0. The van der Waals surface area contributed by atoms with Crippen LogP contribution in [0.1, 0.15) is 56.9 Å². The van der Waals surface area contributed by atoms with Crippen molar-refractivity contribution in [2.45, 2.75) is 87.5 Å². The molecule has 4 rings (SSSR count). The molecule has 1 saturated carbocycles. The van der Waals surface area contributed by atoms with Crippen molar-refractivity contribution in [2.75, 3.05) is 26.3 Å². The van der Waals surface area contributed by atoms with Crippen molar-refractivity contribution >= 4 is 15.9 Å². The number of ether oxygens (including phenoxy) is 2. The standard InChI is InChI=1S/C25H38N2O6S/c1-18-7-10-22(11-8-18)34(30,31)27-15-20(28)16-32-17-24-23(27)12-9-21(33-24)13-25(29)26-14-19-5-3-2-4-6-19/h7-8,10-11,19-21,23-24,28H,2-6,9,12-17H2,1H3,(H,26,29)/t20-,21-,23-,24+/m0/s1. The van der Waals surface area contributed by atoms with Crippen molar-refractivity contribution in [2.24, 2.45) is 5.92 Å². The van der Waals surface area contributed by atoms with E-state index < -0.39 is 28.3 Å². The lowest BCUT2D eigenvalue weighted by Gasteiger charge is -2.43. The largest absolute Gasteiger partial charge is 0.389 e. The van der Waals surface area contributed by atoms with Gasteiger partial charge in [-0.15, -0.1) is 0 Å². The van der Waals surface area contributed by atoms with Crippen LogP contribution in [0.2, 0.25) is 0 Å². The van der Waals surface area contributed by atoms with Gasteiger partial charge in [0.15, 0.2) is 0 Å². The van der Waals surface area contributed by atoms with Crippen LogP contribution in [0.15, 0.2) is 29.2 Å². The summed E-state index contributed by atoms with van der Waals surface area (Å²) in [5.74, 6) is 0.556. The summed E-state index contributed by atoms with van der Waals surface area (Å²) in [6.07, 6.45) is 5.85. The van der Waals surface area contributed by atoms with Gasteiger partial charge in [0.1, 0.15) is 0 Å². The van der Waals surface area contributed by atoms with Crippen LogP contribution in [0.25, 0.3) is 0 Å². The van der Waals surface area contributed by atoms with Gasteiger partial charge in [0.05, 0.1) is 48.9 Å². The number of aryl methyl sites for hydroxylation is 1. The summed E-state index contributed by atoms with van der Waals surface area (Å²) in [6, 6.07) is 6.29. The van der Waals surface area contributed by atoms with Crippen LogP contribution in [0.3, 0.4) is 0 Å². The molecule has 3 fully saturated rings. The Bertz CT molecular complexity index is 916. The predicted molar refractivity (Wildman–Crippen MR) is 128 cm³/mol. The number of rotatable bonds is 6. The summed E-state index contributed by atoms with van der Waals surface area (Å²) in [4.78, 5) is 12.8. The highest BCUT2D eigenvalue weighted by Gasteiger charge is 2.43. The van der Waals surface area contributed by atoms with Gasteiger partial charge in [0.2, 0.25) is 15.9 Å². The second-order valence-corrected chi connectivity index (χ2v) is 11.9. The first-order valence-electron chi connectivity index (χ1n) is 12.6. The number of nitrogens with zero attached hydrogens (tertiary/aromatic N) is 1. The molecule has 0 spiro atoms. The lowest BCUT2D eigenvalue weighted by molar-refractivity contribution is -0.146. The molecule has 2 N–H and O–H groups in total. The first-order valence-corrected chi connectivity index (χ1v) is 14.0. The molecule has 3 aliphatic rings. The summed E-state index contributed by atoms with van der Waals surface area (Å²) in [5.41, 5.74) is 0.975. The average molecular weight is 495 g/mol. The predicted octanol–water partition coefficient (Wildman–Crippen LogP) is 2.38. The summed E-state index contributed by atoms with van der Waals surface area (Å²) < 4.78 is 40.3. The SMILES string of the molecule is Cc1ccc(S(=O)(=O)N2C[C@H](O)COC[C@H]3O[C@H](CC(=O)NCC4CCCCC4)CC[C@@H]32)cc1. The maximum absolute atomic E-state index is 13.5. The van der Waals surface area contributed by atoms with Crippen LogP contribution >= 0.6 is 0 Å². The molecular formula is C25H38N2O6S. The van der Waals surface area contributed by atoms with Crippen LogP contribution < -0.4 is 5.32 Å². The van der Waals surface area contributed by atoms with Crippen molar-refractivity contribution in [3.63, 3.8) is 0 Å². The van der Waals surface area contributed by atoms with E-state index in [2.05, 4.69) is 5.32 Å².